The Kier molecular flexibility index (Phi) is 4.75. The van der Waals surface area contributed by atoms with E-state index < -0.39 is 16.1 Å². The topological polar surface area (TPSA) is 75.5 Å². The van der Waals surface area contributed by atoms with Crippen LogP contribution in [0.15, 0.2) is 95.2 Å². The molecule has 0 amide bonds. The Morgan fingerprint density at radius 1 is 0.903 bits per heavy atom. The molecule has 0 saturated carbocycles. The molecule has 0 saturated heterocycles. The molecule has 1 aromatic heterocycles. The van der Waals surface area contributed by atoms with Crippen molar-refractivity contribution < 1.29 is 8.42 Å². The highest BCUT2D eigenvalue weighted by Gasteiger charge is 2.38. The Morgan fingerprint density at radius 3 is 2.48 bits per heavy atom. The van der Waals surface area contributed by atoms with E-state index in [0.29, 0.717) is 11.9 Å². The number of benzene rings is 3. The van der Waals surface area contributed by atoms with Crippen LogP contribution in [0.1, 0.15) is 29.2 Å². The van der Waals surface area contributed by atoms with Crippen LogP contribution in [-0.2, 0) is 10.0 Å². The second-order valence-corrected chi connectivity index (χ2v) is 9.29. The molecule has 0 spiro atoms. The quantitative estimate of drug-likeness (QED) is 0.480. The monoisotopic (exact) mass is 428 g/mol. The minimum atomic E-state index is -3.86. The Hall–Kier alpha value is -3.58. The fourth-order valence-electron chi connectivity index (χ4n) is 3.93. The predicted octanol–water partition coefficient (Wildman–Crippen LogP) is 4.48. The third kappa shape index (κ3) is 3.47. The molecule has 1 aliphatic rings. The van der Waals surface area contributed by atoms with E-state index in [9.17, 15) is 8.42 Å². The standard InChI is InChI=1S/C24H20N4O2S/c1-17-7-5-8-18(15-17)22-16-23(20-11-6-12-21-24(20)26-14-13-25-21)28(27-22)31(29,30)19-9-3-2-4-10-19/h2-15,23H,16H2,1H3. The molecule has 1 atom stereocenters. The zero-order valence-electron chi connectivity index (χ0n) is 16.9. The summed E-state index contributed by atoms with van der Waals surface area (Å²) in [6.45, 7) is 2.01. The Bertz CT molecular complexity index is 1400. The first kappa shape index (κ1) is 19.4. The van der Waals surface area contributed by atoms with Gasteiger partial charge in [-0.3, -0.25) is 9.97 Å². The van der Waals surface area contributed by atoms with E-state index in [1.807, 2.05) is 49.4 Å². The number of aromatic nitrogens is 2. The van der Waals surface area contributed by atoms with Crippen LogP contribution in [0.4, 0.5) is 0 Å². The largest absolute Gasteiger partial charge is 0.279 e. The van der Waals surface area contributed by atoms with Crippen LogP contribution in [0, 0.1) is 6.92 Å². The summed E-state index contributed by atoms with van der Waals surface area (Å²) in [5.41, 5.74) is 4.94. The fourth-order valence-corrected chi connectivity index (χ4v) is 5.37. The highest BCUT2D eigenvalue weighted by molar-refractivity contribution is 7.89. The first-order valence-electron chi connectivity index (χ1n) is 9.98. The predicted molar refractivity (Wildman–Crippen MR) is 120 cm³/mol. The molecule has 3 aromatic carbocycles. The first-order valence-corrected chi connectivity index (χ1v) is 11.4. The fraction of sp³-hybridized carbons (Fsp3) is 0.125. The number of fused-ring (bicyclic) bond motifs is 1. The third-order valence-electron chi connectivity index (χ3n) is 5.40. The highest BCUT2D eigenvalue weighted by atomic mass is 32.2. The molecule has 4 aromatic rings. The molecule has 1 aliphatic heterocycles. The number of nitrogens with zero attached hydrogens (tertiary/aromatic N) is 4. The van der Waals surface area contributed by atoms with Gasteiger partial charge in [-0.25, -0.2) is 0 Å². The third-order valence-corrected chi connectivity index (χ3v) is 7.10. The lowest BCUT2D eigenvalue weighted by Gasteiger charge is -2.24. The maximum Gasteiger partial charge on any atom is 0.279 e. The van der Waals surface area contributed by atoms with Crippen LogP contribution in [0.3, 0.4) is 0 Å². The number of sulfonamides is 1. The lowest BCUT2D eigenvalue weighted by Crippen LogP contribution is -2.27. The van der Waals surface area contributed by atoms with Crippen molar-refractivity contribution in [3.05, 3.63) is 102 Å². The second kappa shape index (κ2) is 7.59. The number of aryl methyl sites for hydroxylation is 1. The Morgan fingerprint density at radius 2 is 1.68 bits per heavy atom. The van der Waals surface area contributed by atoms with Crippen molar-refractivity contribution in [2.75, 3.05) is 0 Å². The molecule has 0 radical (unpaired) electrons. The van der Waals surface area contributed by atoms with Gasteiger partial charge < -0.3 is 0 Å². The number of hydrazone groups is 1. The van der Waals surface area contributed by atoms with E-state index in [4.69, 9.17) is 0 Å². The first-order chi connectivity index (χ1) is 15.0. The van der Waals surface area contributed by atoms with Crippen molar-refractivity contribution in [3.8, 4) is 0 Å². The molecule has 6 nitrogen and oxygen atoms in total. The zero-order chi connectivity index (χ0) is 21.4. The second-order valence-electron chi connectivity index (χ2n) is 7.50. The molecule has 0 fully saturated rings. The van der Waals surface area contributed by atoms with Gasteiger partial charge in [0.1, 0.15) is 0 Å². The van der Waals surface area contributed by atoms with E-state index in [1.165, 1.54) is 4.41 Å². The summed E-state index contributed by atoms with van der Waals surface area (Å²) < 4.78 is 28.4. The van der Waals surface area contributed by atoms with Gasteiger partial charge in [-0.2, -0.15) is 17.9 Å². The molecular weight excluding hydrogens is 408 g/mol. The van der Waals surface area contributed by atoms with Crippen molar-refractivity contribution in [2.24, 2.45) is 5.10 Å². The van der Waals surface area contributed by atoms with Crippen LogP contribution >= 0.6 is 0 Å². The smallest absolute Gasteiger partial charge is 0.253 e. The lowest BCUT2D eigenvalue weighted by molar-refractivity contribution is 0.373. The summed E-state index contributed by atoms with van der Waals surface area (Å²) >= 11 is 0. The molecule has 2 heterocycles. The summed E-state index contributed by atoms with van der Waals surface area (Å²) in [7, 11) is -3.86. The van der Waals surface area contributed by atoms with Crippen molar-refractivity contribution >= 4 is 26.8 Å². The SMILES string of the molecule is Cc1cccc(C2=NN(S(=O)(=O)c3ccccc3)C(c3cccc4nccnc34)C2)c1. The summed E-state index contributed by atoms with van der Waals surface area (Å²) in [6.07, 6.45) is 3.71. The van der Waals surface area contributed by atoms with E-state index >= 15 is 0 Å². The van der Waals surface area contributed by atoms with Gasteiger partial charge in [-0.05, 0) is 30.7 Å². The van der Waals surface area contributed by atoms with E-state index in [2.05, 4.69) is 15.1 Å². The van der Waals surface area contributed by atoms with E-state index in [0.717, 1.165) is 27.9 Å². The highest BCUT2D eigenvalue weighted by Crippen LogP contribution is 2.39. The minimum Gasteiger partial charge on any atom is -0.253 e. The van der Waals surface area contributed by atoms with Gasteiger partial charge in [0.2, 0.25) is 0 Å². The molecule has 0 aliphatic carbocycles. The summed E-state index contributed by atoms with van der Waals surface area (Å²) in [4.78, 5) is 9.08. The van der Waals surface area contributed by atoms with Crippen LogP contribution in [-0.4, -0.2) is 28.5 Å². The molecule has 0 bridgehead atoms. The molecular formula is C24H20N4O2S. The number of rotatable bonds is 4. The number of hydrogen-bond acceptors (Lipinski definition) is 5. The maximum atomic E-state index is 13.6. The van der Waals surface area contributed by atoms with Crippen LogP contribution in [0.25, 0.3) is 11.0 Å². The summed E-state index contributed by atoms with van der Waals surface area (Å²) in [5, 5.41) is 4.63. The molecule has 5 rings (SSSR count). The Balaban J connectivity index is 1.68. The molecule has 0 N–H and O–H groups in total. The van der Waals surface area contributed by atoms with Gasteiger partial charge >= 0.3 is 0 Å². The summed E-state index contributed by atoms with van der Waals surface area (Å²) in [6, 6.07) is 21.5. The summed E-state index contributed by atoms with van der Waals surface area (Å²) in [5.74, 6) is 0. The van der Waals surface area contributed by atoms with E-state index in [-0.39, 0.29) is 4.90 Å². The molecule has 7 heteroatoms. The van der Waals surface area contributed by atoms with Crippen LogP contribution in [0.2, 0.25) is 0 Å². The van der Waals surface area contributed by atoms with Crippen LogP contribution in [0.5, 0.6) is 0 Å². The maximum absolute atomic E-state index is 13.6. The van der Waals surface area contributed by atoms with Gasteiger partial charge in [0.05, 0.1) is 27.7 Å². The van der Waals surface area contributed by atoms with Gasteiger partial charge in [-0.1, -0.05) is 60.2 Å². The van der Waals surface area contributed by atoms with Crippen molar-refractivity contribution in [1.82, 2.24) is 14.4 Å². The van der Waals surface area contributed by atoms with Crippen LogP contribution < -0.4 is 0 Å². The molecule has 154 valence electrons. The Labute approximate surface area is 181 Å². The van der Waals surface area contributed by atoms with Gasteiger partial charge in [0, 0.05) is 24.4 Å². The molecule has 1 unspecified atom stereocenters. The van der Waals surface area contributed by atoms with E-state index in [1.54, 1.807) is 42.7 Å². The average Bonchev–Trinajstić information content (AvgIpc) is 3.26. The van der Waals surface area contributed by atoms with Crippen molar-refractivity contribution in [1.29, 1.82) is 0 Å². The normalized spacial score (nSPS) is 16.5. The van der Waals surface area contributed by atoms with Crippen molar-refractivity contribution in [2.45, 2.75) is 24.3 Å². The van der Waals surface area contributed by atoms with Crippen molar-refractivity contribution in [3.63, 3.8) is 0 Å². The van der Waals surface area contributed by atoms with Gasteiger partial charge in [0.25, 0.3) is 10.0 Å². The minimum absolute atomic E-state index is 0.209. The van der Waals surface area contributed by atoms with Gasteiger partial charge in [0.15, 0.2) is 0 Å². The lowest BCUT2D eigenvalue weighted by atomic mass is 9.97. The number of para-hydroxylation sites is 1. The zero-order valence-corrected chi connectivity index (χ0v) is 17.7. The molecule has 31 heavy (non-hydrogen) atoms. The number of hydrogen-bond donors (Lipinski definition) is 0. The average molecular weight is 429 g/mol. The van der Waals surface area contributed by atoms with Gasteiger partial charge in [-0.15, -0.1) is 0 Å².